The van der Waals surface area contributed by atoms with Crippen LogP contribution < -0.4 is 0 Å². The average molecular weight is 296 g/mol. The molecule has 1 heterocycles. The van der Waals surface area contributed by atoms with Crippen LogP contribution in [0, 0.1) is 5.82 Å². The summed E-state index contributed by atoms with van der Waals surface area (Å²) >= 11 is 1.08. The topological polar surface area (TPSA) is 75.3 Å². The summed E-state index contributed by atoms with van der Waals surface area (Å²) in [4.78, 5) is 14.8. The van der Waals surface area contributed by atoms with Crippen LogP contribution in [0.5, 0.6) is 0 Å². The van der Waals surface area contributed by atoms with Crippen LogP contribution in [-0.4, -0.2) is 31.5 Å². The number of halogens is 1. The number of carboxylic acid groups (broad SMARTS) is 1. The summed E-state index contributed by atoms with van der Waals surface area (Å²) in [6.45, 7) is 0.228. The second-order valence-corrected chi connectivity index (χ2v) is 5.05. The van der Waals surface area contributed by atoms with E-state index in [1.54, 1.807) is 22.9 Å². The van der Waals surface area contributed by atoms with Gasteiger partial charge >= 0.3 is 5.97 Å². The van der Waals surface area contributed by atoms with E-state index in [1.807, 2.05) is 0 Å². The van der Waals surface area contributed by atoms with Gasteiger partial charge in [-0.25, -0.2) is 9.37 Å². The molecule has 0 aliphatic rings. The molecule has 0 atom stereocenters. The molecule has 0 fully saturated rings. The fourth-order valence-corrected chi connectivity index (χ4v) is 2.39. The average Bonchev–Trinajstić information content (AvgIpc) is 2.81. The molecule has 20 heavy (non-hydrogen) atoms. The third-order valence-electron chi connectivity index (χ3n) is 2.54. The van der Waals surface area contributed by atoms with Crippen molar-refractivity contribution in [2.75, 3.05) is 5.75 Å². The van der Waals surface area contributed by atoms with Crippen molar-refractivity contribution in [3.05, 3.63) is 47.5 Å². The Morgan fingerprint density at radius 3 is 2.65 bits per heavy atom. The van der Waals surface area contributed by atoms with Crippen molar-refractivity contribution in [1.82, 2.24) is 9.55 Å². The minimum atomic E-state index is -0.933. The van der Waals surface area contributed by atoms with Gasteiger partial charge in [0.25, 0.3) is 0 Å². The van der Waals surface area contributed by atoms with Gasteiger partial charge in [0.15, 0.2) is 5.16 Å². The number of carboxylic acids is 1. The van der Waals surface area contributed by atoms with Crippen molar-refractivity contribution >= 4 is 17.7 Å². The first kappa shape index (κ1) is 14.5. The summed E-state index contributed by atoms with van der Waals surface area (Å²) in [5.41, 5.74) is 1.34. The lowest BCUT2D eigenvalue weighted by Gasteiger charge is -2.06. The smallest absolute Gasteiger partial charge is 0.313 e. The van der Waals surface area contributed by atoms with Gasteiger partial charge in [-0.1, -0.05) is 23.9 Å². The van der Waals surface area contributed by atoms with Crippen molar-refractivity contribution < 1.29 is 19.4 Å². The summed E-state index contributed by atoms with van der Waals surface area (Å²) in [6, 6.07) is 6.03. The van der Waals surface area contributed by atoms with Gasteiger partial charge in [0, 0.05) is 12.7 Å². The quantitative estimate of drug-likeness (QED) is 0.794. The molecule has 0 saturated heterocycles. The van der Waals surface area contributed by atoms with E-state index in [-0.39, 0.29) is 18.2 Å². The minimum Gasteiger partial charge on any atom is -0.481 e. The normalized spacial score (nSPS) is 10.7. The number of aliphatic carboxylic acids is 1. The standard InChI is InChI=1S/C13H13FN2O3S/c14-10-3-1-9(2-4-10)5-16-6-11(7-17)15-13(16)20-8-12(18)19/h1-4,6,17H,5,7-8H2,(H,18,19). The fraction of sp³-hybridized carbons (Fsp3) is 0.231. The molecule has 0 unspecified atom stereocenters. The number of nitrogens with zero attached hydrogens (tertiary/aromatic N) is 2. The molecule has 106 valence electrons. The molecule has 0 aliphatic carbocycles. The SMILES string of the molecule is O=C(O)CSc1nc(CO)cn1Cc1ccc(F)cc1. The Labute approximate surface area is 119 Å². The summed E-state index contributed by atoms with van der Waals surface area (Å²) in [5, 5.41) is 18.3. The largest absolute Gasteiger partial charge is 0.481 e. The van der Waals surface area contributed by atoms with Gasteiger partial charge in [0.1, 0.15) is 5.82 Å². The predicted molar refractivity (Wildman–Crippen MR) is 72.0 cm³/mol. The molecular weight excluding hydrogens is 283 g/mol. The number of aliphatic hydroxyl groups excluding tert-OH is 1. The maximum absolute atomic E-state index is 12.9. The fourth-order valence-electron chi connectivity index (χ4n) is 1.67. The van der Waals surface area contributed by atoms with Gasteiger partial charge in [0.2, 0.25) is 0 Å². The Morgan fingerprint density at radius 2 is 2.05 bits per heavy atom. The summed E-state index contributed by atoms with van der Waals surface area (Å²) in [7, 11) is 0. The number of aromatic nitrogens is 2. The molecule has 0 radical (unpaired) electrons. The third kappa shape index (κ3) is 3.82. The van der Waals surface area contributed by atoms with E-state index in [1.165, 1.54) is 12.1 Å². The lowest BCUT2D eigenvalue weighted by atomic mass is 10.2. The van der Waals surface area contributed by atoms with Crippen LogP contribution >= 0.6 is 11.8 Å². The highest BCUT2D eigenvalue weighted by atomic mass is 32.2. The molecule has 1 aromatic heterocycles. The Hall–Kier alpha value is -1.86. The molecule has 0 aliphatic heterocycles. The minimum absolute atomic E-state index is 0.106. The first-order valence-electron chi connectivity index (χ1n) is 5.84. The van der Waals surface area contributed by atoms with E-state index in [0.717, 1.165) is 17.3 Å². The third-order valence-corrected chi connectivity index (χ3v) is 3.52. The van der Waals surface area contributed by atoms with Crippen LogP contribution in [0.2, 0.25) is 0 Å². The van der Waals surface area contributed by atoms with Crippen LogP contribution in [0.25, 0.3) is 0 Å². The van der Waals surface area contributed by atoms with Crippen molar-refractivity contribution in [1.29, 1.82) is 0 Å². The van der Waals surface area contributed by atoms with Gasteiger partial charge in [0.05, 0.1) is 18.1 Å². The molecule has 5 nitrogen and oxygen atoms in total. The van der Waals surface area contributed by atoms with Gasteiger partial charge in [-0.3, -0.25) is 4.79 Å². The van der Waals surface area contributed by atoms with Crippen LogP contribution in [0.15, 0.2) is 35.6 Å². The zero-order chi connectivity index (χ0) is 14.5. The van der Waals surface area contributed by atoms with Crippen molar-refractivity contribution in [2.24, 2.45) is 0 Å². The molecule has 7 heteroatoms. The van der Waals surface area contributed by atoms with E-state index < -0.39 is 5.97 Å². The molecule has 0 saturated carbocycles. The lowest BCUT2D eigenvalue weighted by Crippen LogP contribution is -2.03. The first-order valence-corrected chi connectivity index (χ1v) is 6.83. The number of rotatable bonds is 6. The van der Waals surface area contributed by atoms with Gasteiger partial charge < -0.3 is 14.8 Å². The second kappa shape index (κ2) is 6.53. The van der Waals surface area contributed by atoms with Crippen LogP contribution in [0.3, 0.4) is 0 Å². The number of carbonyl (C=O) groups is 1. The Kier molecular flexibility index (Phi) is 4.75. The maximum Gasteiger partial charge on any atom is 0.313 e. The number of hydrogen-bond donors (Lipinski definition) is 2. The van der Waals surface area contributed by atoms with Crippen molar-refractivity contribution in [2.45, 2.75) is 18.3 Å². The summed E-state index contributed by atoms with van der Waals surface area (Å²) in [6.07, 6.45) is 1.66. The zero-order valence-corrected chi connectivity index (χ0v) is 11.3. The molecule has 0 amide bonds. The highest BCUT2D eigenvalue weighted by Gasteiger charge is 2.10. The second-order valence-electron chi connectivity index (χ2n) is 4.11. The molecule has 0 bridgehead atoms. The Morgan fingerprint density at radius 1 is 1.35 bits per heavy atom. The molecular formula is C13H13FN2O3S. The number of aliphatic hydroxyl groups is 1. The van der Waals surface area contributed by atoms with Crippen molar-refractivity contribution in [3.63, 3.8) is 0 Å². The first-order chi connectivity index (χ1) is 9.58. The Balaban J connectivity index is 2.18. The van der Waals surface area contributed by atoms with E-state index in [2.05, 4.69) is 4.98 Å². The lowest BCUT2D eigenvalue weighted by molar-refractivity contribution is -0.133. The molecule has 1 aromatic carbocycles. The highest BCUT2D eigenvalue weighted by Crippen LogP contribution is 2.19. The molecule has 2 aromatic rings. The zero-order valence-electron chi connectivity index (χ0n) is 10.5. The monoisotopic (exact) mass is 296 g/mol. The van der Waals surface area contributed by atoms with Crippen LogP contribution in [0.1, 0.15) is 11.3 Å². The molecule has 0 spiro atoms. The van der Waals surface area contributed by atoms with Crippen LogP contribution in [-0.2, 0) is 17.9 Å². The summed E-state index contributed by atoms with van der Waals surface area (Å²) < 4.78 is 14.6. The molecule has 2 N–H and O–H groups in total. The van der Waals surface area contributed by atoms with E-state index >= 15 is 0 Å². The number of thioether (sulfide) groups is 1. The maximum atomic E-state index is 12.9. The summed E-state index contributed by atoms with van der Waals surface area (Å²) in [5.74, 6) is -1.35. The molecule has 2 rings (SSSR count). The Bertz CT molecular complexity index is 598. The van der Waals surface area contributed by atoms with Crippen LogP contribution in [0.4, 0.5) is 4.39 Å². The van der Waals surface area contributed by atoms with E-state index in [4.69, 9.17) is 10.2 Å². The van der Waals surface area contributed by atoms with Gasteiger partial charge in [-0.05, 0) is 17.7 Å². The number of benzene rings is 1. The predicted octanol–water partition coefficient (Wildman–Crippen LogP) is 1.74. The van der Waals surface area contributed by atoms with Gasteiger partial charge in [-0.15, -0.1) is 0 Å². The highest BCUT2D eigenvalue weighted by molar-refractivity contribution is 7.99. The van der Waals surface area contributed by atoms with E-state index in [9.17, 15) is 9.18 Å². The van der Waals surface area contributed by atoms with Crippen molar-refractivity contribution in [3.8, 4) is 0 Å². The van der Waals surface area contributed by atoms with E-state index in [0.29, 0.717) is 17.4 Å². The van der Waals surface area contributed by atoms with Gasteiger partial charge in [-0.2, -0.15) is 0 Å². The number of imidazole rings is 1. The number of hydrogen-bond acceptors (Lipinski definition) is 4.